The van der Waals surface area contributed by atoms with Crippen molar-refractivity contribution in [3.63, 3.8) is 0 Å². The van der Waals surface area contributed by atoms with Gasteiger partial charge in [0.1, 0.15) is 0 Å². The topological polar surface area (TPSA) is 52.3 Å². The molecule has 0 bridgehead atoms. The van der Waals surface area contributed by atoms with Gasteiger partial charge in [0.25, 0.3) is 0 Å². The molecule has 1 aromatic rings. The molecule has 1 atom stereocenters. The van der Waals surface area contributed by atoms with Gasteiger partial charge in [-0.25, -0.2) is 0 Å². The fourth-order valence-corrected chi connectivity index (χ4v) is 2.03. The van der Waals surface area contributed by atoms with Crippen molar-refractivity contribution in [2.24, 2.45) is 5.73 Å². The highest BCUT2D eigenvalue weighted by Gasteiger charge is 2.15. The van der Waals surface area contributed by atoms with Crippen LogP contribution in [0, 0.1) is 0 Å². The SMILES string of the molecule is CCOC(=O)C[C@@H](N)c1cc(Cl)ccc1Br.Cl. The van der Waals surface area contributed by atoms with Gasteiger partial charge in [-0.2, -0.15) is 0 Å². The zero-order valence-electron chi connectivity index (χ0n) is 9.28. The predicted molar refractivity (Wildman–Crippen MR) is 74.6 cm³/mol. The summed E-state index contributed by atoms with van der Waals surface area (Å²) in [5.74, 6) is -0.304. The number of carbonyl (C=O) groups is 1. The van der Waals surface area contributed by atoms with Gasteiger partial charge in [0.2, 0.25) is 0 Å². The fraction of sp³-hybridized carbons (Fsp3) is 0.364. The highest BCUT2D eigenvalue weighted by molar-refractivity contribution is 9.10. The highest BCUT2D eigenvalue weighted by atomic mass is 79.9. The van der Waals surface area contributed by atoms with E-state index in [-0.39, 0.29) is 24.8 Å². The molecule has 2 N–H and O–H groups in total. The monoisotopic (exact) mass is 341 g/mol. The first-order valence-corrected chi connectivity index (χ1v) is 6.07. The molecule has 3 nitrogen and oxygen atoms in total. The predicted octanol–water partition coefficient (Wildman–Crippen LogP) is 3.48. The molecule has 1 rings (SSSR count). The van der Waals surface area contributed by atoms with E-state index < -0.39 is 6.04 Å². The molecule has 0 unspecified atom stereocenters. The van der Waals surface area contributed by atoms with Gasteiger partial charge in [0, 0.05) is 15.5 Å². The molecule has 0 spiro atoms. The van der Waals surface area contributed by atoms with Crippen LogP contribution in [0.25, 0.3) is 0 Å². The van der Waals surface area contributed by atoms with E-state index in [9.17, 15) is 4.79 Å². The third-order valence-corrected chi connectivity index (χ3v) is 3.01. The summed E-state index contributed by atoms with van der Waals surface area (Å²) in [6.45, 7) is 2.13. The lowest BCUT2D eigenvalue weighted by Gasteiger charge is -2.13. The normalized spacial score (nSPS) is 11.5. The van der Waals surface area contributed by atoms with Crippen LogP contribution < -0.4 is 5.73 Å². The van der Waals surface area contributed by atoms with Crippen LogP contribution in [-0.4, -0.2) is 12.6 Å². The molecule has 0 amide bonds. The Morgan fingerprint density at radius 1 is 1.59 bits per heavy atom. The van der Waals surface area contributed by atoms with Crippen LogP contribution in [0.2, 0.25) is 5.02 Å². The second kappa shape index (κ2) is 7.93. The lowest BCUT2D eigenvalue weighted by Crippen LogP contribution is -2.17. The number of halogens is 3. The smallest absolute Gasteiger partial charge is 0.307 e. The molecule has 0 fully saturated rings. The van der Waals surface area contributed by atoms with E-state index in [1.54, 1.807) is 19.1 Å². The first-order valence-electron chi connectivity index (χ1n) is 4.90. The van der Waals surface area contributed by atoms with Crippen LogP contribution in [0.15, 0.2) is 22.7 Å². The van der Waals surface area contributed by atoms with Crippen LogP contribution >= 0.6 is 39.9 Å². The van der Waals surface area contributed by atoms with Crippen LogP contribution in [0.5, 0.6) is 0 Å². The third-order valence-electron chi connectivity index (χ3n) is 2.05. The second-order valence-corrected chi connectivity index (χ2v) is 4.57. The minimum absolute atomic E-state index is 0. The molecule has 6 heteroatoms. The molecule has 17 heavy (non-hydrogen) atoms. The number of benzene rings is 1. The molecule has 0 aromatic heterocycles. The van der Waals surface area contributed by atoms with Crippen molar-refractivity contribution >= 4 is 45.9 Å². The second-order valence-electron chi connectivity index (χ2n) is 3.28. The van der Waals surface area contributed by atoms with Crippen molar-refractivity contribution in [2.75, 3.05) is 6.61 Å². The summed E-state index contributed by atoms with van der Waals surface area (Å²) in [5, 5.41) is 0.595. The molecule has 96 valence electrons. The summed E-state index contributed by atoms with van der Waals surface area (Å²) in [4.78, 5) is 11.3. The molecule has 0 aliphatic carbocycles. The van der Waals surface area contributed by atoms with Crippen LogP contribution in [0.3, 0.4) is 0 Å². The van der Waals surface area contributed by atoms with E-state index in [1.165, 1.54) is 0 Å². The standard InChI is InChI=1S/C11H13BrClNO2.ClH/c1-2-16-11(15)6-10(14)8-5-7(13)3-4-9(8)12;/h3-5,10H,2,6,14H2,1H3;1H/t10-;/m1./s1. The molecule has 1 aromatic carbocycles. The lowest BCUT2D eigenvalue weighted by atomic mass is 10.1. The third kappa shape index (κ3) is 5.25. The largest absolute Gasteiger partial charge is 0.466 e. The molecular weight excluding hydrogens is 329 g/mol. The van der Waals surface area contributed by atoms with E-state index in [4.69, 9.17) is 22.1 Å². The van der Waals surface area contributed by atoms with Gasteiger partial charge in [0.05, 0.1) is 13.0 Å². The maximum atomic E-state index is 11.3. The van der Waals surface area contributed by atoms with Crippen molar-refractivity contribution in [3.05, 3.63) is 33.3 Å². The number of ether oxygens (including phenoxy) is 1. The summed E-state index contributed by atoms with van der Waals surface area (Å²) < 4.78 is 5.68. The summed E-state index contributed by atoms with van der Waals surface area (Å²) in [7, 11) is 0. The van der Waals surface area contributed by atoms with E-state index in [1.807, 2.05) is 6.07 Å². The average molecular weight is 343 g/mol. The summed E-state index contributed by atoms with van der Waals surface area (Å²) in [6, 6.07) is 4.90. The number of rotatable bonds is 4. The number of esters is 1. The Labute approximate surface area is 120 Å². The van der Waals surface area contributed by atoms with Crippen molar-refractivity contribution in [3.8, 4) is 0 Å². The Morgan fingerprint density at radius 3 is 2.82 bits per heavy atom. The van der Waals surface area contributed by atoms with Crippen molar-refractivity contribution < 1.29 is 9.53 Å². The van der Waals surface area contributed by atoms with Crippen molar-refractivity contribution in [1.82, 2.24) is 0 Å². The lowest BCUT2D eigenvalue weighted by molar-refractivity contribution is -0.143. The Bertz CT molecular complexity index is 388. The number of hydrogen-bond donors (Lipinski definition) is 1. The summed E-state index contributed by atoms with van der Waals surface area (Å²) >= 11 is 9.24. The molecular formula is C11H14BrCl2NO2. The molecule has 0 saturated heterocycles. The quantitative estimate of drug-likeness (QED) is 0.852. The van der Waals surface area contributed by atoms with E-state index in [0.717, 1.165) is 10.0 Å². The Morgan fingerprint density at radius 2 is 2.24 bits per heavy atom. The molecule has 0 heterocycles. The summed E-state index contributed by atoms with van der Waals surface area (Å²) in [5.41, 5.74) is 6.71. The highest BCUT2D eigenvalue weighted by Crippen LogP contribution is 2.27. The average Bonchev–Trinajstić information content (AvgIpc) is 2.21. The molecule has 0 aliphatic heterocycles. The van der Waals surface area contributed by atoms with E-state index >= 15 is 0 Å². The maximum Gasteiger partial charge on any atom is 0.307 e. The summed E-state index contributed by atoms with van der Waals surface area (Å²) in [6.07, 6.45) is 0.146. The van der Waals surface area contributed by atoms with E-state index in [2.05, 4.69) is 15.9 Å². The van der Waals surface area contributed by atoms with Gasteiger partial charge in [-0.05, 0) is 30.7 Å². The number of carbonyl (C=O) groups excluding carboxylic acids is 1. The minimum atomic E-state index is -0.410. The Kier molecular flexibility index (Phi) is 7.79. The van der Waals surface area contributed by atoms with Crippen LogP contribution in [-0.2, 0) is 9.53 Å². The fourth-order valence-electron chi connectivity index (χ4n) is 1.31. The Hall–Kier alpha value is -0.290. The zero-order valence-corrected chi connectivity index (χ0v) is 12.4. The van der Waals surface area contributed by atoms with Gasteiger partial charge < -0.3 is 10.5 Å². The first kappa shape index (κ1) is 16.7. The van der Waals surface area contributed by atoms with Gasteiger partial charge in [-0.3, -0.25) is 4.79 Å². The van der Waals surface area contributed by atoms with Gasteiger partial charge in [-0.15, -0.1) is 12.4 Å². The zero-order chi connectivity index (χ0) is 12.1. The first-order chi connectivity index (χ1) is 7.54. The molecule has 0 saturated carbocycles. The molecule has 0 aliphatic rings. The van der Waals surface area contributed by atoms with Crippen molar-refractivity contribution in [2.45, 2.75) is 19.4 Å². The number of nitrogens with two attached hydrogens (primary N) is 1. The van der Waals surface area contributed by atoms with Crippen LogP contribution in [0.1, 0.15) is 24.9 Å². The molecule has 0 radical (unpaired) electrons. The van der Waals surface area contributed by atoms with E-state index in [0.29, 0.717) is 11.6 Å². The van der Waals surface area contributed by atoms with Gasteiger partial charge in [-0.1, -0.05) is 27.5 Å². The number of hydrogen-bond acceptors (Lipinski definition) is 3. The van der Waals surface area contributed by atoms with Crippen LogP contribution in [0.4, 0.5) is 0 Å². The minimum Gasteiger partial charge on any atom is -0.466 e. The maximum absolute atomic E-state index is 11.3. The van der Waals surface area contributed by atoms with Gasteiger partial charge >= 0.3 is 5.97 Å². The Balaban J connectivity index is 0.00000256. The van der Waals surface area contributed by atoms with Crippen molar-refractivity contribution in [1.29, 1.82) is 0 Å². The van der Waals surface area contributed by atoms with Gasteiger partial charge in [0.15, 0.2) is 0 Å².